The Hall–Kier alpha value is -1.46. The monoisotopic (exact) mass is 342 g/mol. The van der Waals surface area contributed by atoms with Crippen molar-refractivity contribution in [2.24, 2.45) is 0 Å². The van der Waals surface area contributed by atoms with Crippen molar-refractivity contribution in [3.63, 3.8) is 0 Å². The van der Waals surface area contributed by atoms with Gasteiger partial charge in [0, 0.05) is 15.6 Å². The van der Waals surface area contributed by atoms with Crippen molar-refractivity contribution in [2.45, 2.75) is 19.6 Å². The molecule has 0 bridgehead atoms. The fourth-order valence-electron chi connectivity index (χ4n) is 1.77. The van der Waals surface area contributed by atoms with Crippen LogP contribution < -0.4 is 4.74 Å². The van der Waals surface area contributed by atoms with Gasteiger partial charge < -0.3 is 9.84 Å². The summed E-state index contributed by atoms with van der Waals surface area (Å²) < 4.78 is 32.3. The predicted octanol–water partition coefficient (Wildman–Crippen LogP) is 4.36. The first-order valence-electron chi connectivity index (χ1n) is 6.01. The summed E-state index contributed by atoms with van der Waals surface area (Å²) in [6.07, 6.45) is -0.836. The summed E-state index contributed by atoms with van der Waals surface area (Å²) in [5, 5.41) is 9.61. The van der Waals surface area contributed by atoms with Crippen molar-refractivity contribution >= 4 is 15.9 Å². The molecule has 106 valence electrons. The maximum atomic E-state index is 13.2. The normalized spacial score (nSPS) is 12.2. The number of rotatable bonds is 4. The number of ether oxygens (including phenoxy) is 1. The summed E-state index contributed by atoms with van der Waals surface area (Å²) in [6.45, 7) is 1.72. The quantitative estimate of drug-likeness (QED) is 0.894. The van der Waals surface area contributed by atoms with Crippen LogP contribution in [0, 0.1) is 11.6 Å². The molecule has 0 radical (unpaired) electrons. The standard InChI is InChI=1S/C15H13BrF2O2/c1-9(19)13-6-11(17)4-5-15(13)20-8-10-2-3-12(18)7-14(10)16/h2-7,9,19H,8H2,1H3. The van der Waals surface area contributed by atoms with Gasteiger partial charge in [0.2, 0.25) is 0 Å². The van der Waals surface area contributed by atoms with Crippen LogP contribution in [0.25, 0.3) is 0 Å². The van der Waals surface area contributed by atoms with E-state index in [2.05, 4.69) is 15.9 Å². The molecule has 1 atom stereocenters. The van der Waals surface area contributed by atoms with Crippen molar-refractivity contribution in [3.8, 4) is 5.75 Å². The molecule has 2 aromatic rings. The van der Waals surface area contributed by atoms with Crippen LogP contribution in [0.3, 0.4) is 0 Å². The van der Waals surface area contributed by atoms with Gasteiger partial charge in [-0.05, 0) is 37.3 Å². The fourth-order valence-corrected chi connectivity index (χ4v) is 2.24. The zero-order valence-electron chi connectivity index (χ0n) is 10.7. The lowest BCUT2D eigenvalue weighted by atomic mass is 10.1. The highest BCUT2D eigenvalue weighted by atomic mass is 79.9. The zero-order valence-corrected chi connectivity index (χ0v) is 12.3. The van der Waals surface area contributed by atoms with Crippen LogP contribution >= 0.6 is 15.9 Å². The summed E-state index contributed by atoms with van der Waals surface area (Å²) in [6, 6.07) is 8.25. The molecule has 5 heteroatoms. The van der Waals surface area contributed by atoms with Gasteiger partial charge in [0.1, 0.15) is 24.0 Å². The van der Waals surface area contributed by atoms with Crippen molar-refractivity contribution in [1.29, 1.82) is 0 Å². The van der Waals surface area contributed by atoms with Crippen molar-refractivity contribution in [2.75, 3.05) is 0 Å². The second-order valence-electron chi connectivity index (χ2n) is 4.38. The summed E-state index contributed by atoms with van der Waals surface area (Å²) >= 11 is 3.25. The first kappa shape index (κ1) is 14.9. The third kappa shape index (κ3) is 3.55. The average molecular weight is 343 g/mol. The van der Waals surface area contributed by atoms with Crippen LogP contribution in [0.15, 0.2) is 40.9 Å². The third-order valence-electron chi connectivity index (χ3n) is 2.82. The summed E-state index contributed by atoms with van der Waals surface area (Å²) in [5.74, 6) is -0.374. The molecule has 0 amide bonds. The minimum absolute atomic E-state index is 0.187. The molecular formula is C15H13BrF2O2. The second-order valence-corrected chi connectivity index (χ2v) is 5.24. The Morgan fingerprint density at radius 1 is 1.15 bits per heavy atom. The second kappa shape index (κ2) is 6.33. The molecule has 0 aliphatic carbocycles. The maximum Gasteiger partial charge on any atom is 0.125 e. The first-order valence-corrected chi connectivity index (χ1v) is 6.81. The van der Waals surface area contributed by atoms with Gasteiger partial charge in [-0.3, -0.25) is 0 Å². The Bertz CT molecular complexity index is 615. The zero-order chi connectivity index (χ0) is 14.7. The number of hydrogen-bond acceptors (Lipinski definition) is 2. The molecule has 0 fully saturated rings. The van der Waals surface area contributed by atoms with E-state index in [4.69, 9.17) is 4.74 Å². The third-order valence-corrected chi connectivity index (χ3v) is 3.56. The molecule has 20 heavy (non-hydrogen) atoms. The Kier molecular flexibility index (Phi) is 4.73. The molecule has 2 nitrogen and oxygen atoms in total. The van der Waals surface area contributed by atoms with Gasteiger partial charge in [-0.1, -0.05) is 22.0 Å². The van der Waals surface area contributed by atoms with Crippen LogP contribution in [-0.4, -0.2) is 5.11 Å². The van der Waals surface area contributed by atoms with Gasteiger partial charge >= 0.3 is 0 Å². The van der Waals surface area contributed by atoms with E-state index >= 15 is 0 Å². The van der Waals surface area contributed by atoms with E-state index in [1.54, 1.807) is 6.07 Å². The van der Waals surface area contributed by atoms with Gasteiger partial charge in [-0.15, -0.1) is 0 Å². The number of aliphatic hydroxyl groups is 1. The summed E-state index contributed by atoms with van der Waals surface area (Å²) in [4.78, 5) is 0. The number of benzene rings is 2. The van der Waals surface area contributed by atoms with Crippen LogP contribution in [-0.2, 0) is 6.61 Å². The molecule has 0 saturated carbocycles. The largest absolute Gasteiger partial charge is 0.488 e. The van der Waals surface area contributed by atoms with Crippen LogP contribution in [0.4, 0.5) is 8.78 Å². The van der Waals surface area contributed by atoms with Gasteiger partial charge in [-0.25, -0.2) is 8.78 Å². The lowest BCUT2D eigenvalue weighted by Crippen LogP contribution is -2.02. The number of hydrogen-bond donors (Lipinski definition) is 1. The van der Waals surface area contributed by atoms with Crippen molar-refractivity contribution in [1.82, 2.24) is 0 Å². The smallest absolute Gasteiger partial charge is 0.125 e. The lowest BCUT2D eigenvalue weighted by molar-refractivity contribution is 0.189. The van der Waals surface area contributed by atoms with Crippen LogP contribution in [0.1, 0.15) is 24.2 Å². The summed E-state index contributed by atoms with van der Waals surface area (Å²) in [7, 11) is 0. The number of halogens is 3. The van der Waals surface area contributed by atoms with Crippen LogP contribution in [0.2, 0.25) is 0 Å². The van der Waals surface area contributed by atoms with Crippen molar-refractivity contribution < 1.29 is 18.6 Å². The minimum atomic E-state index is -0.836. The van der Waals surface area contributed by atoms with Gasteiger partial charge in [-0.2, -0.15) is 0 Å². The molecular weight excluding hydrogens is 330 g/mol. The minimum Gasteiger partial charge on any atom is -0.488 e. The molecule has 0 heterocycles. The molecule has 1 N–H and O–H groups in total. The molecule has 0 aromatic heterocycles. The molecule has 2 rings (SSSR count). The van der Waals surface area contributed by atoms with E-state index in [0.717, 1.165) is 5.56 Å². The van der Waals surface area contributed by atoms with Crippen molar-refractivity contribution in [3.05, 3.63) is 63.6 Å². The Morgan fingerprint density at radius 2 is 1.80 bits per heavy atom. The van der Waals surface area contributed by atoms with E-state index in [1.165, 1.54) is 37.3 Å². The average Bonchev–Trinajstić information content (AvgIpc) is 2.38. The molecule has 1 unspecified atom stereocenters. The highest BCUT2D eigenvalue weighted by Crippen LogP contribution is 2.27. The number of aliphatic hydroxyl groups excluding tert-OH is 1. The Labute approximate surface area is 124 Å². The molecule has 0 saturated heterocycles. The fraction of sp³-hybridized carbons (Fsp3) is 0.200. The first-order chi connectivity index (χ1) is 9.47. The highest BCUT2D eigenvalue weighted by Gasteiger charge is 2.11. The van der Waals surface area contributed by atoms with Crippen LogP contribution in [0.5, 0.6) is 5.75 Å². The van der Waals surface area contributed by atoms with E-state index in [9.17, 15) is 13.9 Å². The van der Waals surface area contributed by atoms with E-state index in [0.29, 0.717) is 15.8 Å². The molecule has 0 aliphatic heterocycles. The predicted molar refractivity (Wildman–Crippen MR) is 75.5 cm³/mol. The van der Waals surface area contributed by atoms with E-state index in [1.807, 2.05) is 0 Å². The van der Waals surface area contributed by atoms with Gasteiger partial charge in [0.15, 0.2) is 0 Å². The highest BCUT2D eigenvalue weighted by molar-refractivity contribution is 9.10. The van der Waals surface area contributed by atoms with Gasteiger partial charge in [0.25, 0.3) is 0 Å². The molecule has 0 aliphatic rings. The van der Waals surface area contributed by atoms with Gasteiger partial charge in [0.05, 0.1) is 6.10 Å². The summed E-state index contributed by atoms with van der Waals surface area (Å²) in [5.41, 5.74) is 1.13. The molecule has 2 aromatic carbocycles. The van der Waals surface area contributed by atoms with E-state index < -0.39 is 11.9 Å². The Morgan fingerprint density at radius 3 is 2.45 bits per heavy atom. The lowest BCUT2D eigenvalue weighted by Gasteiger charge is -2.14. The SMILES string of the molecule is CC(O)c1cc(F)ccc1OCc1ccc(F)cc1Br. The maximum absolute atomic E-state index is 13.2. The van der Waals surface area contributed by atoms with E-state index in [-0.39, 0.29) is 12.4 Å². The molecule has 0 spiro atoms. The Balaban J connectivity index is 2.18. The topological polar surface area (TPSA) is 29.5 Å².